The number of nitrogens with one attached hydrogen (secondary N) is 2. The molecule has 6 heteroatoms. The molecular weight excluding hydrogens is 302 g/mol. The van der Waals surface area contributed by atoms with Crippen molar-refractivity contribution in [1.29, 1.82) is 0 Å². The van der Waals surface area contributed by atoms with Crippen LogP contribution in [0.3, 0.4) is 0 Å². The van der Waals surface area contributed by atoms with Gasteiger partial charge < -0.3 is 16.4 Å². The lowest BCUT2D eigenvalue weighted by Crippen LogP contribution is -2.25. The summed E-state index contributed by atoms with van der Waals surface area (Å²) in [6.07, 6.45) is 5.47. The van der Waals surface area contributed by atoms with Crippen LogP contribution in [0.2, 0.25) is 5.02 Å². The van der Waals surface area contributed by atoms with Gasteiger partial charge in [-0.25, -0.2) is 0 Å². The molecule has 0 aliphatic heterocycles. The molecule has 1 aromatic carbocycles. The monoisotopic (exact) mass is 323 g/mol. The SMILES string of the molecule is NCCC(=O)Nc1cc(Cl)ccc1NC(=O)C1CCCCC1. The zero-order valence-electron chi connectivity index (χ0n) is 12.5. The molecule has 0 heterocycles. The standard InChI is InChI=1S/C16H22ClN3O2/c17-12-6-7-13(14(10-12)19-15(21)8-9-18)20-16(22)11-4-2-1-3-5-11/h6-7,10-11H,1-5,8-9,18H2,(H,19,21)(H,20,22). The Morgan fingerprint density at radius 1 is 1.14 bits per heavy atom. The summed E-state index contributed by atoms with van der Waals surface area (Å²) < 4.78 is 0. The summed E-state index contributed by atoms with van der Waals surface area (Å²) in [5.41, 5.74) is 6.46. The van der Waals surface area contributed by atoms with Crippen LogP contribution in [0, 0.1) is 5.92 Å². The molecule has 0 unspecified atom stereocenters. The topological polar surface area (TPSA) is 84.2 Å². The summed E-state index contributed by atoms with van der Waals surface area (Å²) in [6.45, 7) is 0.274. The van der Waals surface area contributed by atoms with E-state index in [1.807, 2.05) is 0 Å². The van der Waals surface area contributed by atoms with Crippen molar-refractivity contribution < 1.29 is 9.59 Å². The minimum absolute atomic E-state index is 0.0105. The highest BCUT2D eigenvalue weighted by Crippen LogP contribution is 2.29. The van der Waals surface area contributed by atoms with Crippen molar-refractivity contribution in [3.8, 4) is 0 Å². The molecule has 1 saturated carbocycles. The van der Waals surface area contributed by atoms with E-state index in [-0.39, 0.29) is 30.7 Å². The van der Waals surface area contributed by atoms with Gasteiger partial charge >= 0.3 is 0 Å². The second kappa shape index (κ2) is 8.15. The predicted octanol–water partition coefficient (Wildman–Crippen LogP) is 3.15. The average molecular weight is 324 g/mol. The van der Waals surface area contributed by atoms with Crippen LogP contribution in [-0.2, 0) is 9.59 Å². The summed E-state index contributed by atoms with van der Waals surface area (Å²) in [5, 5.41) is 6.15. The van der Waals surface area contributed by atoms with Crippen molar-refractivity contribution in [1.82, 2.24) is 0 Å². The number of amides is 2. The first kappa shape index (κ1) is 16.8. The van der Waals surface area contributed by atoms with Crippen LogP contribution < -0.4 is 16.4 Å². The van der Waals surface area contributed by atoms with Crippen LogP contribution in [0.25, 0.3) is 0 Å². The number of nitrogens with two attached hydrogens (primary N) is 1. The van der Waals surface area contributed by atoms with Crippen molar-refractivity contribution in [3.05, 3.63) is 23.2 Å². The minimum atomic E-state index is -0.196. The fraction of sp³-hybridized carbons (Fsp3) is 0.500. The Kier molecular flexibility index (Phi) is 6.21. The molecule has 2 amide bonds. The zero-order chi connectivity index (χ0) is 15.9. The first-order chi connectivity index (χ1) is 10.6. The maximum Gasteiger partial charge on any atom is 0.227 e. The Hall–Kier alpha value is -1.59. The van der Waals surface area contributed by atoms with Crippen LogP contribution in [0.1, 0.15) is 38.5 Å². The fourth-order valence-corrected chi connectivity index (χ4v) is 2.84. The zero-order valence-corrected chi connectivity index (χ0v) is 13.3. The molecule has 0 atom stereocenters. The van der Waals surface area contributed by atoms with Gasteiger partial charge in [0.05, 0.1) is 11.4 Å². The highest BCUT2D eigenvalue weighted by molar-refractivity contribution is 6.31. The highest BCUT2D eigenvalue weighted by Gasteiger charge is 2.22. The summed E-state index contributed by atoms with van der Waals surface area (Å²) >= 11 is 5.97. The number of carbonyl (C=O) groups is 2. The third-order valence-corrected chi connectivity index (χ3v) is 4.10. The largest absolute Gasteiger partial charge is 0.330 e. The molecule has 1 aliphatic carbocycles. The summed E-state index contributed by atoms with van der Waals surface area (Å²) in [6, 6.07) is 5.03. The van der Waals surface area contributed by atoms with Gasteiger partial charge in [0.2, 0.25) is 11.8 Å². The molecular formula is C16H22ClN3O2. The maximum absolute atomic E-state index is 12.3. The molecule has 4 N–H and O–H groups in total. The first-order valence-electron chi connectivity index (χ1n) is 7.70. The van der Waals surface area contributed by atoms with Gasteiger partial charge in [-0.05, 0) is 31.0 Å². The average Bonchev–Trinajstić information content (AvgIpc) is 2.51. The third kappa shape index (κ3) is 4.71. The lowest BCUT2D eigenvalue weighted by Gasteiger charge is -2.21. The quantitative estimate of drug-likeness (QED) is 0.778. The van der Waals surface area contributed by atoms with E-state index < -0.39 is 0 Å². The molecule has 0 aromatic heterocycles. The van der Waals surface area contributed by atoms with Crippen LogP contribution in [0.15, 0.2) is 18.2 Å². The van der Waals surface area contributed by atoms with E-state index in [0.29, 0.717) is 16.4 Å². The van der Waals surface area contributed by atoms with E-state index in [4.69, 9.17) is 17.3 Å². The van der Waals surface area contributed by atoms with E-state index >= 15 is 0 Å². The van der Waals surface area contributed by atoms with Gasteiger partial charge in [-0.2, -0.15) is 0 Å². The van der Waals surface area contributed by atoms with Crippen LogP contribution in [0.4, 0.5) is 11.4 Å². The molecule has 1 aromatic rings. The second-order valence-electron chi connectivity index (χ2n) is 5.60. The number of hydrogen-bond acceptors (Lipinski definition) is 3. The van der Waals surface area contributed by atoms with Crippen LogP contribution >= 0.6 is 11.6 Å². The highest BCUT2D eigenvalue weighted by atomic mass is 35.5. The second-order valence-corrected chi connectivity index (χ2v) is 6.04. The Labute approximate surface area is 135 Å². The Bertz CT molecular complexity index is 542. The maximum atomic E-state index is 12.3. The van der Waals surface area contributed by atoms with Crippen LogP contribution in [-0.4, -0.2) is 18.4 Å². The number of anilines is 2. The first-order valence-corrected chi connectivity index (χ1v) is 8.08. The van der Waals surface area contributed by atoms with Gasteiger partial charge in [-0.3, -0.25) is 9.59 Å². The van der Waals surface area contributed by atoms with Gasteiger partial charge in [0.15, 0.2) is 0 Å². The number of benzene rings is 1. The predicted molar refractivity (Wildman–Crippen MR) is 89.0 cm³/mol. The van der Waals surface area contributed by atoms with Crippen molar-refractivity contribution in [2.75, 3.05) is 17.2 Å². The van der Waals surface area contributed by atoms with E-state index in [0.717, 1.165) is 25.7 Å². The lowest BCUT2D eigenvalue weighted by atomic mass is 9.88. The van der Waals surface area contributed by atoms with Crippen molar-refractivity contribution >= 4 is 34.8 Å². The van der Waals surface area contributed by atoms with Gasteiger partial charge in [0.25, 0.3) is 0 Å². The molecule has 0 radical (unpaired) electrons. The lowest BCUT2D eigenvalue weighted by molar-refractivity contribution is -0.120. The Morgan fingerprint density at radius 2 is 1.86 bits per heavy atom. The normalized spacial score (nSPS) is 15.4. The van der Waals surface area contributed by atoms with E-state index in [2.05, 4.69) is 10.6 Å². The summed E-state index contributed by atoms with van der Waals surface area (Å²) in [7, 11) is 0. The van der Waals surface area contributed by atoms with E-state index in [1.54, 1.807) is 18.2 Å². The van der Waals surface area contributed by atoms with Crippen molar-refractivity contribution in [2.45, 2.75) is 38.5 Å². The fourth-order valence-electron chi connectivity index (χ4n) is 2.67. The number of rotatable bonds is 5. The third-order valence-electron chi connectivity index (χ3n) is 3.86. The van der Waals surface area contributed by atoms with Gasteiger partial charge in [0, 0.05) is 23.9 Å². The summed E-state index contributed by atoms with van der Waals surface area (Å²) in [5.74, 6) is -0.133. The molecule has 22 heavy (non-hydrogen) atoms. The Morgan fingerprint density at radius 3 is 2.55 bits per heavy atom. The molecule has 1 aliphatic rings. The van der Waals surface area contributed by atoms with Gasteiger partial charge in [-0.15, -0.1) is 0 Å². The number of carbonyl (C=O) groups excluding carboxylic acids is 2. The molecule has 0 spiro atoms. The Balaban J connectivity index is 2.08. The molecule has 1 fully saturated rings. The van der Waals surface area contributed by atoms with E-state index in [9.17, 15) is 9.59 Å². The molecule has 0 saturated heterocycles. The van der Waals surface area contributed by atoms with Crippen LogP contribution in [0.5, 0.6) is 0 Å². The number of halogens is 1. The van der Waals surface area contributed by atoms with Gasteiger partial charge in [0.1, 0.15) is 0 Å². The molecule has 2 rings (SSSR count). The number of hydrogen-bond donors (Lipinski definition) is 3. The van der Waals surface area contributed by atoms with E-state index in [1.165, 1.54) is 6.42 Å². The summed E-state index contributed by atoms with van der Waals surface area (Å²) in [4.78, 5) is 24.1. The van der Waals surface area contributed by atoms with Crippen molar-refractivity contribution in [2.24, 2.45) is 11.7 Å². The molecule has 120 valence electrons. The molecule has 0 bridgehead atoms. The minimum Gasteiger partial charge on any atom is -0.330 e. The van der Waals surface area contributed by atoms with Crippen molar-refractivity contribution in [3.63, 3.8) is 0 Å². The molecule has 5 nitrogen and oxygen atoms in total. The smallest absolute Gasteiger partial charge is 0.227 e. The van der Waals surface area contributed by atoms with Gasteiger partial charge in [-0.1, -0.05) is 30.9 Å².